The van der Waals surface area contributed by atoms with Crippen LogP contribution in [0.4, 0.5) is 5.69 Å². The van der Waals surface area contributed by atoms with Gasteiger partial charge in [0, 0.05) is 17.2 Å². The first-order chi connectivity index (χ1) is 6.54. The van der Waals surface area contributed by atoms with Crippen molar-refractivity contribution in [3.05, 3.63) is 27.7 Å². The van der Waals surface area contributed by atoms with E-state index in [0.717, 1.165) is 10.2 Å². The van der Waals surface area contributed by atoms with E-state index in [2.05, 4.69) is 26.2 Å². The van der Waals surface area contributed by atoms with Crippen LogP contribution in [0, 0.1) is 13.8 Å². The number of nitrogens with zero attached hydrogens (tertiary/aromatic N) is 1. The minimum atomic E-state index is 0.422. The Morgan fingerprint density at radius 3 is 2.29 bits per heavy atom. The van der Waals surface area contributed by atoms with Gasteiger partial charge in [-0.05, 0) is 37.1 Å². The van der Waals surface area contributed by atoms with Crippen molar-refractivity contribution < 1.29 is 0 Å². The maximum Gasteiger partial charge on any atom is 0.192 e. The van der Waals surface area contributed by atoms with Crippen molar-refractivity contribution in [3.63, 3.8) is 0 Å². The SMILES string of the molecule is CN=C(N)Nc1cc(C)c(Br)c(C)c1. The summed E-state index contributed by atoms with van der Waals surface area (Å²) in [6.07, 6.45) is 0. The van der Waals surface area contributed by atoms with Crippen molar-refractivity contribution in [1.82, 2.24) is 0 Å². The number of nitrogens with two attached hydrogens (primary N) is 1. The summed E-state index contributed by atoms with van der Waals surface area (Å²) in [6, 6.07) is 4.05. The Bertz CT molecular complexity index is 349. The molecule has 0 aliphatic rings. The van der Waals surface area contributed by atoms with Crippen LogP contribution in [-0.2, 0) is 0 Å². The van der Waals surface area contributed by atoms with Crippen molar-refractivity contribution in [3.8, 4) is 0 Å². The fourth-order valence-corrected chi connectivity index (χ4v) is 1.45. The summed E-state index contributed by atoms with van der Waals surface area (Å²) in [6.45, 7) is 4.09. The van der Waals surface area contributed by atoms with Crippen molar-refractivity contribution in [1.29, 1.82) is 0 Å². The Balaban J connectivity index is 3.01. The molecule has 76 valence electrons. The molecular weight excluding hydrogens is 242 g/mol. The van der Waals surface area contributed by atoms with Gasteiger partial charge in [0.05, 0.1) is 0 Å². The molecule has 0 saturated heterocycles. The van der Waals surface area contributed by atoms with E-state index in [1.54, 1.807) is 7.05 Å². The first-order valence-electron chi connectivity index (χ1n) is 4.30. The first kappa shape index (κ1) is 11.0. The van der Waals surface area contributed by atoms with Crippen LogP contribution in [0.3, 0.4) is 0 Å². The molecule has 1 rings (SSSR count). The molecule has 4 heteroatoms. The van der Waals surface area contributed by atoms with Crippen LogP contribution in [0.5, 0.6) is 0 Å². The third-order valence-corrected chi connectivity index (χ3v) is 3.20. The average Bonchev–Trinajstić information content (AvgIpc) is 2.14. The van der Waals surface area contributed by atoms with Crippen LogP contribution >= 0.6 is 15.9 Å². The van der Waals surface area contributed by atoms with Gasteiger partial charge in [0.15, 0.2) is 5.96 Å². The Hall–Kier alpha value is -1.03. The molecular formula is C10H14BrN3. The number of aliphatic imine (C=N–C) groups is 1. The fourth-order valence-electron chi connectivity index (χ4n) is 1.22. The lowest BCUT2D eigenvalue weighted by atomic mass is 10.1. The van der Waals surface area contributed by atoms with Gasteiger partial charge in [0.1, 0.15) is 0 Å². The number of benzene rings is 1. The zero-order valence-corrected chi connectivity index (χ0v) is 10.1. The molecule has 0 bridgehead atoms. The molecule has 3 N–H and O–H groups in total. The second kappa shape index (κ2) is 4.46. The van der Waals surface area contributed by atoms with E-state index in [9.17, 15) is 0 Å². The van der Waals surface area contributed by atoms with Gasteiger partial charge >= 0.3 is 0 Å². The normalized spacial score (nSPS) is 11.6. The van der Waals surface area contributed by atoms with Crippen molar-refractivity contribution in [2.24, 2.45) is 10.7 Å². The second-order valence-electron chi connectivity index (χ2n) is 3.16. The topological polar surface area (TPSA) is 50.4 Å². The Labute approximate surface area is 92.5 Å². The fraction of sp³-hybridized carbons (Fsp3) is 0.300. The van der Waals surface area contributed by atoms with Gasteiger partial charge in [-0.25, -0.2) is 0 Å². The summed E-state index contributed by atoms with van der Waals surface area (Å²) in [5.74, 6) is 0.422. The Morgan fingerprint density at radius 1 is 1.36 bits per heavy atom. The highest BCUT2D eigenvalue weighted by molar-refractivity contribution is 9.10. The van der Waals surface area contributed by atoms with Crippen LogP contribution in [0.1, 0.15) is 11.1 Å². The van der Waals surface area contributed by atoms with Crippen LogP contribution in [0.25, 0.3) is 0 Å². The van der Waals surface area contributed by atoms with E-state index in [-0.39, 0.29) is 0 Å². The zero-order chi connectivity index (χ0) is 10.7. The molecule has 1 aromatic rings. The highest BCUT2D eigenvalue weighted by Crippen LogP contribution is 2.24. The van der Waals surface area contributed by atoms with Gasteiger partial charge in [0.25, 0.3) is 0 Å². The molecule has 0 atom stereocenters. The summed E-state index contributed by atoms with van der Waals surface area (Å²) in [5.41, 5.74) is 8.89. The van der Waals surface area contributed by atoms with Gasteiger partial charge in [0.2, 0.25) is 0 Å². The third-order valence-electron chi connectivity index (χ3n) is 1.95. The molecule has 0 saturated carbocycles. The minimum absolute atomic E-state index is 0.422. The Morgan fingerprint density at radius 2 is 1.86 bits per heavy atom. The molecule has 1 aromatic carbocycles. The highest BCUT2D eigenvalue weighted by atomic mass is 79.9. The van der Waals surface area contributed by atoms with Gasteiger partial charge in [-0.15, -0.1) is 0 Å². The van der Waals surface area contributed by atoms with Crippen molar-refractivity contribution in [2.75, 3.05) is 12.4 Å². The lowest BCUT2D eigenvalue weighted by molar-refractivity contribution is 1.32. The standard InChI is InChI=1S/C10H14BrN3/c1-6-4-8(14-10(12)13-3)5-7(2)9(6)11/h4-5H,1-3H3,(H3,12,13,14). The van der Waals surface area contributed by atoms with Crippen molar-refractivity contribution in [2.45, 2.75) is 13.8 Å². The largest absolute Gasteiger partial charge is 0.370 e. The van der Waals surface area contributed by atoms with Gasteiger partial charge in [-0.3, -0.25) is 4.99 Å². The number of halogens is 1. The number of hydrogen-bond acceptors (Lipinski definition) is 1. The maximum absolute atomic E-state index is 5.57. The van der Waals surface area contributed by atoms with E-state index in [4.69, 9.17) is 5.73 Å². The number of rotatable bonds is 1. The van der Waals surface area contributed by atoms with E-state index >= 15 is 0 Å². The molecule has 0 spiro atoms. The minimum Gasteiger partial charge on any atom is -0.370 e. The smallest absolute Gasteiger partial charge is 0.192 e. The molecule has 0 amide bonds. The number of guanidine groups is 1. The van der Waals surface area contributed by atoms with Crippen molar-refractivity contribution >= 4 is 27.6 Å². The maximum atomic E-state index is 5.57. The predicted molar refractivity (Wildman–Crippen MR) is 64.8 cm³/mol. The molecule has 0 fully saturated rings. The summed E-state index contributed by atoms with van der Waals surface area (Å²) in [4.78, 5) is 3.84. The number of nitrogens with one attached hydrogen (secondary N) is 1. The average molecular weight is 256 g/mol. The summed E-state index contributed by atoms with van der Waals surface area (Å²) in [5, 5.41) is 3.01. The van der Waals surface area contributed by atoms with Gasteiger partial charge in [-0.2, -0.15) is 0 Å². The molecule has 0 aromatic heterocycles. The van der Waals surface area contributed by atoms with E-state index < -0.39 is 0 Å². The summed E-state index contributed by atoms with van der Waals surface area (Å²) in [7, 11) is 1.65. The Kier molecular flexibility index (Phi) is 3.52. The van der Waals surface area contributed by atoms with Crippen LogP contribution < -0.4 is 11.1 Å². The van der Waals surface area contributed by atoms with E-state index in [1.807, 2.05) is 26.0 Å². The monoisotopic (exact) mass is 255 g/mol. The zero-order valence-electron chi connectivity index (χ0n) is 8.56. The highest BCUT2D eigenvalue weighted by Gasteiger charge is 2.02. The van der Waals surface area contributed by atoms with Crippen LogP contribution in [-0.4, -0.2) is 13.0 Å². The van der Waals surface area contributed by atoms with Gasteiger partial charge < -0.3 is 11.1 Å². The quantitative estimate of drug-likeness (QED) is 0.598. The molecule has 0 heterocycles. The third kappa shape index (κ3) is 2.48. The van der Waals surface area contributed by atoms with Gasteiger partial charge in [-0.1, -0.05) is 15.9 Å². The van der Waals surface area contributed by atoms with E-state index in [0.29, 0.717) is 5.96 Å². The molecule has 3 nitrogen and oxygen atoms in total. The summed E-state index contributed by atoms with van der Waals surface area (Å²) < 4.78 is 1.13. The predicted octanol–water partition coefficient (Wildman–Crippen LogP) is 2.42. The number of anilines is 1. The molecule has 0 aliphatic heterocycles. The lowest BCUT2D eigenvalue weighted by Crippen LogP contribution is -2.22. The molecule has 0 unspecified atom stereocenters. The second-order valence-corrected chi connectivity index (χ2v) is 3.95. The lowest BCUT2D eigenvalue weighted by Gasteiger charge is -2.09. The van der Waals surface area contributed by atoms with Crippen LogP contribution in [0.2, 0.25) is 0 Å². The number of hydrogen-bond donors (Lipinski definition) is 2. The van der Waals surface area contributed by atoms with E-state index in [1.165, 1.54) is 11.1 Å². The summed E-state index contributed by atoms with van der Waals surface area (Å²) >= 11 is 3.51. The van der Waals surface area contributed by atoms with Crippen LogP contribution in [0.15, 0.2) is 21.6 Å². The molecule has 0 aliphatic carbocycles. The number of aryl methyl sites for hydroxylation is 2. The first-order valence-corrected chi connectivity index (χ1v) is 5.10. The molecule has 14 heavy (non-hydrogen) atoms. The molecule has 0 radical (unpaired) electrons.